The second-order valence-corrected chi connectivity index (χ2v) is 9.30. The lowest BCUT2D eigenvalue weighted by Crippen LogP contribution is -2.09. The SMILES string of the molecule is C=Cc1cccc(/C=C/Cn2cccc2C(=O)c2cccc(Oc3ccc(C(F)(F)F)cc3)c2)c1.CC(C)C(=O)O. The lowest BCUT2D eigenvalue weighted by atomic mass is 10.1. The Hall–Kier alpha value is -4.85. The molecule has 0 spiro atoms. The number of carbonyl (C=O) groups is 2. The molecular formula is C33H30F3NO4. The molecule has 0 unspecified atom stereocenters. The highest BCUT2D eigenvalue weighted by Crippen LogP contribution is 2.31. The number of halogens is 3. The normalized spacial score (nSPS) is 11.2. The van der Waals surface area contributed by atoms with Crippen molar-refractivity contribution in [3.63, 3.8) is 0 Å². The molecular weight excluding hydrogens is 531 g/mol. The summed E-state index contributed by atoms with van der Waals surface area (Å²) in [4.78, 5) is 22.9. The van der Waals surface area contributed by atoms with E-state index in [1.54, 1.807) is 50.3 Å². The summed E-state index contributed by atoms with van der Waals surface area (Å²) < 4.78 is 45.8. The number of alkyl halides is 3. The molecule has 0 saturated carbocycles. The van der Waals surface area contributed by atoms with E-state index in [0.29, 0.717) is 23.6 Å². The van der Waals surface area contributed by atoms with Gasteiger partial charge in [0.15, 0.2) is 0 Å². The second-order valence-electron chi connectivity index (χ2n) is 9.30. The molecule has 4 rings (SSSR count). The first-order chi connectivity index (χ1) is 19.5. The van der Waals surface area contributed by atoms with Crippen molar-refractivity contribution < 1.29 is 32.6 Å². The molecule has 0 aliphatic heterocycles. The molecule has 0 atom stereocenters. The van der Waals surface area contributed by atoms with Crippen molar-refractivity contribution in [2.45, 2.75) is 26.6 Å². The van der Waals surface area contributed by atoms with Gasteiger partial charge in [0, 0.05) is 18.3 Å². The Morgan fingerprint density at radius 2 is 1.59 bits per heavy atom. The van der Waals surface area contributed by atoms with E-state index in [2.05, 4.69) is 6.58 Å². The average Bonchev–Trinajstić information content (AvgIpc) is 3.41. The molecule has 0 saturated heterocycles. The number of carboxylic acid groups (broad SMARTS) is 1. The largest absolute Gasteiger partial charge is 0.481 e. The lowest BCUT2D eigenvalue weighted by molar-refractivity contribution is -0.140. The van der Waals surface area contributed by atoms with Crippen molar-refractivity contribution >= 4 is 23.9 Å². The summed E-state index contributed by atoms with van der Waals surface area (Å²) in [6.45, 7) is 7.57. The van der Waals surface area contributed by atoms with Crippen molar-refractivity contribution in [2.24, 2.45) is 5.92 Å². The maximum Gasteiger partial charge on any atom is 0.416 e. The molecule has 1 N–H and O–H groups in total. The predicted octanol–water partition coefficient (Wildman–Crippen LogP) is 8.61. The topological polar surface area (TPSA) is 68.5 Å². The van der Waals surface area contributed by atoms with Crippen LogP contribution >= 0.6 is 0 Å². The Bertz CT molecular complexity index is 1520. The summed E-state index contributed by atoms with van der Waals surface area (Å²) >= 11 is 0. The zero-order chi connectivity index (χ0) is 30.0. The van der Waals surface area contributed by atoms with Gasteiger partial charge in [-0.05, 0) is 65.7 Å². The van der Waals surface area contributed by atoms with Crippen LogP contribution in [0.15, 0.2) is 104 Å². The first-order valence-corrected chi connectivity index (χ1v) is 12.7. The maximum absolute atomic E-state index is 13.2. The number of aromatic nitrogens is 1. The zero-order valence-corrected chi connectivity index (χ0v) is 22.6. The van der Waals surface area contributed by atoms with Crippen molar-refractivity contribution in [1.82, 2.24) is 4.57 Å². The Morgan fingerprint density at radius 3 is 2.22 bits per heavy atom. The van der Waals surface area contributed by atoms with Crippen LogP contribution in [0.3, 0.4) is 0 Å². The van der Waals surface area contributed by atoms with Crippen LogP contribution in [-0.2, 0) is 17.5 Å². The third-order valence-corrected chi connectivity index (χ3v) is 5.83. The number of carbonyl (C=O) groups excluding carboxylic acids is 1. The van der Waals surface area contributed by atoms with E-state index < -0.39 is 17.7 Å². The van der Waals surface area contributed by atoms with Crippen LogP contribution in [0, 0.1) is 5.92 Å². The highest BCUT2D eigenvalue weighted by Gasteiger charge is 2.30. The van der Waals surface area contributed by atoms with Gasteiger partial charge in [-0.2, -0.15) is 13.2 Å². The molecule has 1 heterocycles. The van der Waals surface area contributed by atoms with Gasteiger partial charge in [-0.15, -0.1) is 0 Å². The van der Waals surface area contributed by atoms with Gasteiger partial charge in [-0.1, -0.05) is 69.0 Å². The van der Waals surface area contributed by atoms with Crippen molar-refractivity contribution in [3.05, 3.63) is 132 Å². The van der Waals surface area contributed by atoms with Crippen LogP contribution in [0.5, 0.6) is 11.5 Å². The van der Waals surface area contributed by atoms with Crippen molar-refractivity contribution in [3.8, 4) is 11.5 Å². The van der Waals surface area contributed by atoms with Crippen LogP contribution < -0.4 is 4.74 Å². The summed E-state index contributed by atoms with van der Waals surface area (Å²) in [6.07, 6.45) is 3.17. The molecule has 3 aromatic carbocycles. The number of benzene rings is 3. The van der Waals surface area contributed by atoms with Gasteiger partial charge in [0.05, 0.1) is 17.2 Å². The second kappa shape index (κ2) is 14.0. The van der Waals surface area contributed by atoms with E-state index in [-0.39, 0.29) is 17.5 Å². The Morgan fingerprint density at radius 1 is 0.927 bits per heavy atom. The standard InChI is InChI=1S/C29H22F3NO2.C4H8O2/c1-2-21-7-3-8-22(19-21)9-5-17-33-18-6-12-27(33)28(34)23-10-4-11-26(20-23)35-25-15-13-24(14-16-25)29(30,31)32;1-3(2)4(5)6/h2-16,18-20H,1,17H2;3H,1-2H3,(H,5,6)/b9-5+;. The minimum atomic E-state index is -4.41. The number of ketones is 1. The third kappa shape index (κ3) is 9.10. The van der Waals surface area contributed by atoms with Gasteiger partial charge in [0.1, 0.15) is 11.5 Å². The number of nitrogens with zero attached hydrogens (tertiary/aromatic N) is 1. The molecule has 0 aliphatic carbocycles. The third-order valence-electron chi connectivity index (χ3n) is 5.83. The van der Waals surface area contributed by atoms with Crippen LogP contribution in [0.2, 0.25) is 0 Å². The summed E-state index contributed by atoms with van der Waals surface area (Å²) in [5.41, 5.74) is 2.24. The van der Waals surface area contributed by atoms with E-state index in [0.717, 1.165) is 23.3 Å². The summed E-state index contributed by atoms with van der Waals surface area (Å²) in [5, 5.41) is 7.99. The number of hydrogen-bond acceptors (Lipinski definition) is 3. The van der Waals surface area contributed by atoms with Crippen LogP contribution in [0.4, 0.5) is 13.2 Å². The van der Waals surface area contributed by atoms with E-state index >= 15 is 0 Å². The predicted molar refractivity (Wildman–Crippen MR) is 154 cm³/mol. The first-order valence-electron chi connectivity index (χ1n) is 12.7. The van der Waals surface area contributed by atoms with E-state index in [4.69, 9.17) is 9.84 Å². The van der Waals surface area contributed by atoms with Crippen LogP contribution in [0.1, 0.15) is 46.6 Å². The molecule has 41 heavy (non-hydrogen) atoms. The number of hydrogen-bond donors (Lipinski definition) is 1. The molecule has 0 radical (unpaired) electrons. The van der Waals surface area contributed by atoms with Gasteiger partial charge in [-0.3, -0.25) is 9.59 Å². The van der Waals surface area contributed by atoms with Gasteiger partial charge < -0.3 is 14.4 Å². The summed E-state index contributed by atoms with van der Waals surface area (Å²) in [5.74, 6) is -0.553. The zero-order valence-electron chi connectivity index (χ0n) is 22.6. The van der Waals surface area contributed by atoms with Gasteiger partial charge in [0.25, 0.3) is 0 Å². The maximum atomic E-state index is 13.2. The van der Waals surface area contributed by atoms with Gasteiger partial charge in [0.2, 0.25) is 5.78 Å². The molecule has 1 aromatic heterocycles. The molecule has 212 valence electrons. The Balaban J connectivity index is 0.000000696. The minimum absolute atomic E-state index is 0.185. The molecule has 5 nitrogen and oxygen atoms in total. The Labute approximate surface area is 236 Å². The number of aliphatic carboxylic acids is 1. The number of rotatable bonds is 9. The van der Waals surface area contributed by atoms with Crippen molar-refractivity contribution in [1.29, 1.82) is 0 Å². The van der Waals surface area contributed by atoms with E-state index in [1.165, 1.54) is 12.1 Å². The fourth-order valence-corrected chi connectivity index (χ4v) is 3.57. The number of carboxylic acids is 1. The quantitative estimate of drug-likeness (QED) is 0.208. The smallest absolute Gasteiger partial charge is 0.416 e. The van der Waals surface area contributed by atoms with Gasteiger partial charge in [-0.25, -0.2) is 0 Å². The fraction of sp³-hybridized carbons (Fsp3) is 0.152. The summed E-state index contributed by atoms with van der Waals surface area (Å²) in [6, 6.07) is 22.5. The van der Waals surface area contributed by atoms with E-state index in [1.807, 2.05) is 53.2 Å². The van der Waals surface area contributed by atoms with Crippen LogP contribution in [0.25, 0.3) is 12.2 Å². The fourth-order valence-electron chi connectivity index (χ4n) is 3.57. The first kappa shape index (κ1) is 30.7. The molecule has 0 aliphatic rings. The molecule has 0 amide bonds. The lowest BCUT2D eigenvalue weighted by Gasteiger charge is -2.10. The number of ether oxygens (including phenoxy) is 1. The minimum Gasteiger partial charge on any atom is -0.481 e. The monoisotopic (exact) mass is 561 g/mol. The van der Waals surface area contributed by atoms with Gasteiger partial charge >= 0.3 is 12.1 Å². The molecule has 4 aromatic rings. The summed E-state index contributed by atoms with van der Waals surface area (Å²) in [7, 11) is 0. The Kier molecular flexibility index (Phi) is 10.5. The molecule has 8 heteroatoms. The highest BCUT2D eigenvalue weighted by atomic mass is 19.4. The number of allylic oxidation sites excluding steroid dienone is 1. The van der Waals surface area contributed by atoms with Crippen LogP contribution in [-0.4, -0.2) is 21.4 Å². The van der Waals surface area contributed by atoms with E-state index in [9.17, 15) is 22.8 Å². The molecule has 0 bridgehead atoms. The average molecular weight is 562 g/mol. The molecule has 0 fully saturated rings. The highest BCUT2D eigenvalue weighted by molar-refractivity contribution is 6.08. The van der Waals surface area contributed by atoms with Crippen molar-refractivity contribution in [2.75, 3.05) is 0 Å².